The normalized spacial score (nSPS) is 24.5. The summed E-state index contributed by atoms with van der Waals surface area (Å²) in [5.41, 5.74) is 0.328. The zero-order valence-electron chi connectivity index (χ0n) is 10.5. The van der Waals surface area contributed by atoms with Gasteiger partial charge in [0.05, 0.1) is 18.8 Å². The van der Waals surface area contributed by atoms with Crippen molar-refractivity contribution in [2.24, 2.45) is 5.41 Å². The van der Waals surface area contributed by atoms with E-state index in [9.17, 15) is 9.59 Å². The van der Waals surface area contributed by atoms with Crippen LogP contribution in [0.15, 0.2) is 11.6 Å². The molecule has 0 saturated carbocycles. The van der Waals surface area contributed by atoms with Crippen molar-refractivity contribution in [2.75, 3.05) is 26.3 Å². The first-order chi connectivity index (χ1) is 7.99. The second-order valence-corrected chi connectivity index (χ2v) is 5.37. The number of ketones is 1. The molecular weight excluding hydrogens is 218 g/mol. The quantitative estimate of drug-likeness (QED) is 0.643. The average molecular weight is 237 g/mol. The second kappa shape index (κ2) is 4.61. The molecule has 0 N–H and O–H groups in total. The van der Waals surface area contributed by atoms with Gasteiger partial charge >= 0.3 is 0 Å². The molecule has 0 aromatic carbocycles. The number of carbonyl (C=O) groups is 2. The van der Waals surface area contributed by atoms with Gasteiger partial charge in [-0.2, -0.15) is 0 Å². The number of rotatable bonds is 1. The molecule has 0 aromatic rings. The van der Waals surface area contributed by atoms with Gasteiger partial charge < -0.3 is 9.64 Å². The molecule has 0 radical (unpaired) electrons. The molecule has 1 amide bonds. The topological polar surface area (TPSA) is 46.6 Å². The van der Waals surface area contributed by atoms with E-state index in [0.717, 1.165) is 6.42 Å². The average Bonchev–Trinajstić information content (AvgIpc) is 2.33. The molecule has 1 aliphatic carbocycles. The molecule has 4 nitrogen and oxygen atoms in total. The van der Waals surface area contributed by atoms with Crippen molar-refractivity contribution in [3.63, 3.8) is 0 Å². The molecule has 4 heteroatoms. The minimum atomic E-state index is -0.119. The fraction of sp³-hybridized carbons (Fsp3) is 0.692. The highest BCUT2D eigenvalue weighted by Gasteiger charge is 2.32. The summed E-state index contributed by atoms with van der Waals surface area (Å²) < 4.78 is 5.21. The number of amides is 1. The molecular formula is C13H19NO3. The number of hydrogen-bond acceptors (Lipinski definition) is 3. The Hall–Kier alpha value is -1.16. The lowest BCUT2D eigenvalue weighted by Gasteiger charge is -2.31. The molecule has 94 valence electrons. The molecule has 0 bridgehead atoms. The monoisotopic (exact) mass is 237 g/mol. The second-order valence-electron chi connectivity index (χ2n) is 5.37. The number of nitrogens with zero attached hydrogens (tertiary/aromatic N) is 1. The SMILES string of the molecule is CC1(C)C=C(C(=O)N2CCOCC2)C(=O)CC1. The molecule has 1 fully saturated rings. The van der Waals surface area contributed by atoms with Gasteiger partial charge in [0.15, 0.2) is 5.78 Å². The largest absolute Gasteiger partial charge is 0.378 e. The summed E-state index contributed by atoms with van der Waals surface area (Å²) in [5.74, 6) is -0.133. The third kappa shape index (κ3) is 2.75. The Morgan fingerprint density at radius 2 is 2.00 bits per heavy atom. The van der Waals surface area contributed by atoms with Gasteiger partial charge in [0.25, 0.3) is 5.91 Å². The van der Waals surface area contributed by atoms with E-state index in [2.05, 4.69) is 13.8 Å². The predicted molar refractivity (Wildman–Crippen MR) is 63.5 cm³/mol. The van der Waals surface area contributed by atoms with Crippen molar-refractivity contribution in [1.29, 1.82) is 0 Å². The van der Waals surface area contributed by atoms with Crippen LogP contribution in [0, 0.1) is 5.41 Å². The van der Waals surface area contributed by atoms with Gasteiger partial charge in [-0.15, -0.1) is 0 Å². The lowest BCUT2D eigenvalue weighted by molar-refractivity contribution is -0.133. The highest BCUT2D eigenvalue weighted by atomic mass is 16.5. The van der Waals surface area contributed by atoms with E-state index in [1.165, 1.54) is 0 Å². The fourth-order valence-corrected chi connectivity index (χ4v) is 2.23. The Morgan fingerprint density at radius 1 is 1.35 bits per heavy atom. The maximum Gasteiger partial charge on any atom is 0.257 e. The number of allylic oxidation sites excluding steroid dienone is 1. The van der Waals surface area contributed by atoms with Crippen molar-refractivity contribution in [3.05, 3.63) is 11.6 Å². The highest BCUT2D eigenvalue weighted by Crippen LogP contribution is 2.32. The maximum absolute atomic E-state index is 12.2. The molecule has 1 heterocycles. The number of carbonyl (C=O) groups excluding carboxylic acids is 2. The van der Waals surface area contributed by atoms with Crippen molar-refractivity contribution >= 4 is 11.7 Å². The standard InChI is InChI=1S/C13H19NO3/c1-13(2)4-3-11(15)10(9-13)12(16)14-5-7-17-8-6-14/h9H,3-8H2,1-2H3. The molecule has 1 saturated heterocycles. The number of hydrogen-bond donors (Lipinski definition) is 0. The van der Waals surface area contributed by atoms with Gasteiger partial charge in [-0.25, -0.2) is 0 Å². The first kappa shape index (κ1) is 12.3. The summed E-state index contributed by atoms with van der Waals surface area (Å²) >= 11 is 0. The Morgan fingerprint density at radius 3 is 2.65 bits per heavy atom. The van der Waals surface area contributed by atoms with E-state index in [1.807, 2.05) is 6.08 Å². The third-order valence-electron chi connectivity index (χ3n) is 3.36. The van der Waals surface area contributed by atoms with E-state index >= 15 is 0 Å². The van der Waals surface area contributed by atoms with Crippen LogP contribution < -0.4 is 0 Å². The Labute approximate surface area is 102 Å². The summed E-state index contributed by atoms with van der Waals surface area (Å²) in [6, 6.07) is 0. The molecule has 0 aromatic heterocycles. The predicted octanol–water partition coefficient (Wildman–Crippen LogP) is 1.16. The minimum Gasteiger partial charge on any atom is -0.378 e. The fourth-order valence-electron chi connectivity index (χ4n) is 2.23. The summed E-state index contributed by atoms with van der Waals surface area (Å²) in [4.78, 5) is 25.8. The Kier molecular flexibility index (Phi) is 3.33. The van der Waals surface area contributed by atoms with Crippen LogP contribution in [0.4, 0.5) is 0 Å². The van der Waals surface area contributed by atoms with Crippen molar-refractivity contribution in [1.82, 2.24) is 4.90 Å². The molecule has 0 spiro atoms. The molecule has 0 unspecified atom stereocenters. The van der Waals surface area contributed by atoms with Gasteiger partial charge in [0.1, 0.15) is 0 Å². The molecule has 2 aliphatic rings. The van der Waals surface area contributed by atoms with E-state index in [-0.39, 0.29) is 17.1 Å². The Bertz CT molecular complexity index is 365. The Balaban J connectivity index is 2.16. The van der Waals surface area contributed by atoms with Gasteiger partial charge in [0, 0.05) is 19.5 Å². The van der Waals surface area contributed by atoms with Crippen LogP contribution in [0.1, 0.15) is 26.7 Å². The molecule has 0 atom stereocenters. The van der Waals surface area contributed by atoms with Crippen LogP contribution in [0.25, 0.3) is 0 Å². The lowest BCUT2D eigenvalue weighted by atomic mass is 9.79. The van der Waals surface area contributed by atoms with Crippen molar-refractivity contribution in [2.45, 2.75) is 26.7 Å². The first-order valence-corrected chi connectivity index (χ1v) is 6.13. The van der Waals surface area contributed by atoms with Crippen molar-refractivity contribution < 1.29 is 14.3 Å². The minimum absolute atomic E-state index is 0.0131. The summed E-state index contributed by atoms with van der Waals surface area (Å²) in [5, 5.41) is 0. The lowest BCUT2D eigenvalue weighted by Crippen LogP contribution is -2.43. The van der Waals surface area contributed by atoms with Crippen LogP contribution in [-0.2, 0) is 14.3 Å². The van der Waals surface area contributed by atoms with Crippen LogP contribution in [0.2, 0.25) is 0 Å². The summed E-state index contributed by atoms with van der Waals surface area (Å²) in [6.07, 6.45) is 3.15. The number of morpholine rings is 1. The summed E-state index contributed by atoms with van der Waals surface area (Å²) in [7, 11) is 0. The van der Waals surface area contributed by atoms with Crippen LogP contribution >= 0.6 is 0 Å². The molecule has 2 rings (SSSR count). The third-order valence-corrected chi connectivity index (χ3v) is 3.36. The van der Waals surface area contributed by atoms with Crippen LogP contribution in [0.5, 0.6) is 0 Å². The van der Waals surface area contributed by atoms with E-state index in [0.29, 0.717) is 38.3 Å². The zero-order chi connectivity index (χ0) is 12.5. The van der Waals surface area contributed by atoms with Gasteiger partial charge in [-0.3, -0.25) is 9.59 Å². The van der Waals surface area contributed by atoms with Crippen LogP contribution in [0.3, 0.4) is 0 Å². The van der Waals surface area contributed by atoms with Crippen molar-refractivity contribution in [3.8, 4) is 0 Å². The smallest absolute Gasteiger partial charge is 0.257 e. The van der Waals surface area contributed by atoms with E-state index < -0.39 is 0 Å². The summed E-state index contributed by atoms with van der Waals surface area (Å²) in [6.45, 7) is 6.43. The van der Waals surface area contributed by atoms with E-state index in [1.54, 1.807) is 4.90 Å². The van der Waals surface area contributed by atoms with E-state index in [4.69, 9.17) is 4.74 Å². The molecule has 17 heavy (non-hydrogen) atoms. The van der Waals surface area contributed by atoms with Gasteiger partial charge in [0.2, 0.25) is 0 Å². The number of Topliss-reactive ketones (excluding diaryl/α,β-unsaturated/α-hetero) is 1. The van der Waals surface area contributed by atoms with Gasteiger partial charge in [-0.1, -0.05) is 19.9 Å². The molecule has 1 aliphatic heterocycles. The van der Waals surface area contributed by atoms with Gasteiger partial charge in [-0.05, 0) is 11.8 Å². The maximum atomic E-state index is 12.2. The highest BCUT2D eigenvalue weighted by molar-refractivity contribution is 6.19. The number of ether oxygens (including phenoxy) is 1. The van der Waals surface area contributed by atoms with Crippen LogP contribution in [-0.4, -0.2) is 42.9 Å². The zero-order valence-corrected chi connectivity index (χ0v) is 10.5. The first-order valence-electron chi connectivity index (χ1n) is 6.13.